The Hall–Kier alpha value is -1.38. The molecule has 2 atom stereocenters. The van der Waals surface area contributed by atoms with Gasteiger partial charge in [0.15, 0.2) is 0 Å². The lowest BCUT2D eigenvalue weighted by Crippen LogP contribution is -2.40. The number of aromatic nitrogens is 1. The molecule has 7 nitrogen and oxygen atoms in total. The van der Waals surface area contributed by atoms with Crippen LogP contribution < -0.4 is 10.5 Å². The van der Waals surface area contributed by atoms with Crippen molar-refractivity contribution in [2.75, 3.05) is 7.11 Å². The molecule has 1 aliphatic rings. The Morgan fingerprint density at radius 3 is 2.84 bits per heavy atom. The Morgan fingerprint density at radius 2 is 2.26 bits per heavy atom. The molecule has 0 bridgehead atoms. The standard InChI is InChI=1S/C11H17N3O4S/c1-18-10-4-2-3-8(10)14-11(15)9-5-7(6-13-9)19(12,16)17/h5-6,8,10,13H,2-4H2,1H3,(H,14,15)(H2,12,16,17). The third-order valence-electron chi connectivity index (χ3n) is 3.30. The predicted molar refractivity (Wildman–Crippen MR) is 68.1 cm³/mol. The average Bonchev–Trinajstić information content (AvgIpc) is 2.95. The van der Waals surface area contributed by atoms with Crippen molar-refractivity contribution in [1.29, 1.82) is 0 Å². The van der Waals surface area contributed by atoms with Gasteiger partial charge in [0, 0.05) is 13.3 Å². The van der Waals surface area contributed by atoms with Gasteiger partial charge in [-0.05, 0) is 25.3 Å². The van der Waals surface area contributed by atoms with Gasteiger partial charge in [-0.15, -0.1) is 0 Å². The molecule has 4 N–H and O–H groups in total. The maximum Gasteiger partial charge on any atom is 0.268 e. The van der Waals surface area contributed by atoms with E-state index in [4.69, 9.17) is 9.88 Å². The van der Waals surface area contributed by atoms with Gasteiger partial charge in [-0.1, -0.05) is 0 Å². The number of aromatic amines is 1. The lowest BCUT2D eigenvalue weighted by molar-refractivity contribution is 0.0719. The summed E-state index contributed by atoms with van der Waals surface area (Å²) < 4.78 is 27.5. The molecule has 0 aromatic carbocycles. The maximum absolute atomic E-state index is 12.0. The second-order valence-corrected chi connectivity index (χ2v) is 6.14. The van der Waals surface area contributed by atoms with Crippen molar-refractivity contribution < 1.29 is 17.9 Å². The van der Waals surface area contributed by atoms with Crippen molar-refractivity contribution in [3.63, 3.8) is 0 Å². The van der Waals surface area contributed by atoms with Crippen molar-refractivity contribution in [2.24, 2.45) is 5.14 Å². The highest BCUT2D eigenvalue weighted by atomic mass is 32.2. The highest BCUT2D eigenvalue weighted by molar-refractivity contribution is 7.89. The van der Waals surface area contributed by atoms with Gasteiger partial charge in [-0.2, -0.15) is 0 Å². The monoisotopic (exact) mass is 287 g/mol. The molecule has 1 fully saturated rings. The minimum absolute atomic E-state index is 0.0108. The van der Waals surface area contributed by atoms with E-state index < -0.39 is 10.0 Å². The summed E-state index contributed by atoms with van der Waals surface area (Å²) in [5.74, 6) is -0.358. The number of hydrogen-bond acceptors (Lipinski definition) is 4. The van der Waals surface area contributed by atoms with E-state index in [1.807, 2.05) is 0 Å². The highest BCUT2D eigenvalue weighted by Crippen LogP contribution is 2.22. The molecule has 0 aliphatic heterocycles. The molecule has 2 unspecified atom stereocenters. The quantitative estimate of drug-likeness (QED) is 0.720. The molecular formula is C11H17N3O4S. The molecule has 1 aromatic heterocycles. The van der Waals surface area contributed by atoms with Crippen LogP contribution in [0.4, 0.5) is 0 Å². The lowest BCUT2D eigenvalue weighted by atomic mass is 10.2. The summed E-state index contributed by atoms with van der Waals surface area (Å²) >= 11 is 0. The first kappa shape index (κ1) is 14.0. The van der Waals surface area contributed by atoms with E-state index in [2.05, 4.69) is 10.3 Å². The first-order chi connectivity index (χ1) is 8.91. The van der Waals surface area contributed by atoms with Gasteiger partial charge in [0.25, 0.3) is 5.91 Å². The topological polar surface area (TPSA) is 114 Å². The first-order valence-electron chi connectivity index (χ1n) is 5.96. The number of rotatable bonds is 4. The Kier molecular flexibility index (Phi) is 3.93. The number of amides is 1. The Morgan fingerprint density at radius 1 is 1.53 bits per heavy atom. The molecule has 1 aliphatic carbocycles. The van der Waals surface area contributed by atoms with Crippen LogP contribution in [0.5, 0.6) is 0 Å². The molecule has 1 amide bonds. The molecule has 106 valence electrons. The fourth-order valence-electron chi connectivity index (χ4n) is 2.29. The summed E-state index contributed by atoms with van der Waals surface area (Å²) in [5.41, 5.74) is 0.172. The number of methoxy groups -OCH3 is 1. The Balaban J connectivity index is 2.06. The van der Waals surface area contributed by atoms with Crippen LogP contribution in [0.25, 0.3) is 0 Å². The lowest BCUT2D eigenvalue weighted by Gasteiger charge is -2.19. The van der Waals surface area contributed by atoms with E-state index in [0.29, 0.717) is 0 Å². The molecule has 1 aromatic rings. The van der Waals surface area contributed by atoms with E-state index in [0.717, 1.165) is 19.3 Å². The first-order valence-corrected chi connectivity index (χ1v) is 7.51. The molecule has 2 rings (SSSR count). The number of nitrogens with two attached hydrogens (primary N) is 1. The van der Waals surface area contributed by atoms with Crippen molar-refractivity contribution in [3.05, 3.63) is 18.0 Å². The minimum Gasteiger partial charge on any atom is -0.379 e. The van der Waals surface area contributed by atoms with Crippen LogP contribution in [-0.2, 0) is 14.8 Å². The fraction of sp³-hybridized carbons (Fsp3) is 0.545. The van der Waals surface area contributed by atoms with Gasteiger partial charge < -0.3 is 15.0 Å². The summed E-state index contributed by atoms with van der Waals surface area (Å²) in [4.78, 5) is 14.5. The maximum atomic E-state index is 12.0. The molecule has 0 spiro atoms. The van der Waals surface area contributed by atoms with Crippen LogP contribution in [0.1, 0.15) is 29.8 Å². The Bertz CT molecular complexity index is 566. The average molecular weight is 287 g/mol. The number of ether oxygens (including phenoxy) is 1. The number of primary sulfonamides is 1. The molecule has 0 radical (unpaired) electrons. The number of carbonyl (C=O) groups is 1. The number of carbonyl (C=O) groups excluding carboxylic acids is 1. The van der Waals surface area contributed by atoms with Gasteiger partial charge >= 0.3 is 0 Å². The molecule has 8 heteroatoms. The summed E-state index contributed by atoms with van der Waals surface area (Å²) in [6.07, 6.45) is 3.97. The predicted octanol–water partition coefficient (Wildman–Crippen LogP) is -0.0406. The van der Waals surface area contributed by atoms with E-state index >= 15 is 0 Å². The number of sulfonamides is 1. The summed E-state index contributed by atoms with van der Waals surface area (Å²) in [5, 5.41) is 7.81. The normalized spacial score (nSPS) is 23.5. The zero-order chi connectivity index (χ0) is 14.0. The largest absolute Gasteiger partial charge is 0.379 e. The van der Waals surface area contributed by atoms with Crippen molar-refractivity contribution in [3.8, 4) is 0 Å². The number of H-pyrrole nitrogens is 1. The third-order valence-corrected chi connectivity index (χ3v) is 4.19. The van der Waals surface area contributed by atoms with Crippen molar-refractivity contribution >= 4 is 15.9 Å². The molecule has 0 saturated heterocycles. The van der Waals surface area contributed by atoms with Crippen molar-refractivity contribution in [1.82, 2.24) is 10.3 Å². The van der Waals surface area contributed by atoms with Crippen LogP contribution in [0.15, 0.2) is 17.2 Å². The van der Waals surface area contributed by atoms with Gasteiger partial charge in [0.05, 0.1) is 17.0 Å². The molecule has 19 heavy (non-hydrogen) atoms. The van der Waals surface area contributed by atoms with Crippen LogP contribution in [0, 0.1) is 0 Å². The molecule has 1 heterocycles. The summed E-state index contributed by atoms with van der Waals surface area (Å²) in [6.45, 7) is 0. The zero-order valence-corrected chi connectivity index (χ0v) is 11.4. The SMILES string of the molecule is COC1CCCC1NC(=O)c1cc(S(N)(=O)=O)c[nH]1. The van der Waals surface area contributed by atoms with Crippen LogP contribution in [0.3, 0.4) is 0 Å². The second kappa shape index (κ2) is 5.32. The molecular weight excluding hydrogens is 270 g/mol. The van der Waals surface area contributed by atoms with Crippen LogP contribution in [-0.4, -0.2) is 38.6 Å². The van der Waals surface area contributed by atoms with E-state index in [-0.39, 0.29) is 28.6 Å². The summed E-state index contributed by atoms with van der Waals surface area (Å²) in [7, 11) is -2.18. The van der Waals surface area contributed by atoms with Gasteiger partial charge in [-0.3, -0.25) is 4.79 Å². The smallest absolute Gasteiger partial charge is 0.268 e. The fourth-order valence-corrected chi connectivity index (χ4v) is 2.79. The summed E-state index contributed by atoms with van der Waals surface area (Å²) in [6, 6.07) is 1.18. The Labute approximate surface area is 111 Å². The number of hydrogen-bond donors (Lipinski definition) is 3. The highest BCUT2D eigenvalue weighted by Gasteiger charge is 2.29. The van der Waals surface area contributed by atoms with Gasteiger partial charge in [0.2, 0.25) is 10.0 Å². The van der Waals surface area contributed by atoms with Crippen LogP contribution >= 0.6 is 0 Å². The third kappa shape index (κ3) is 3.14. The minimum atomic E-state index is -3.79. The zero-order valence-electron chi connectivity index (χ0n) is 10.5. The van der Waals surface area contributed by atoms with Gasteiger partial charge in [0.1, 0.15) is 5.69 Å². The van der Waals surface area contributed by atoms with Crippen molar-refractivity contribution in [2.45, 2.75) is 36.3 Å². The molecule has 1 saturated carbocycles. The van der Waals surface area contributed by atoms with E-state index in [1.165, 1.54) is 12.3 Å². The van der Waals surface area contributed by atoms with Crippen LogP contribution in [0.2, 0.25) is 0 Å². The van der Waals surface area contributed by atoms with E-state index in [9.17, 15) is 13.2 Å². The second-order valence-electron chi connectivity index (χ2n) is 4.58. The number of nitrogens with one attached hydrogen (secondary N) is 2. The van der Waals surface area contributed by atoms with E-state index in [1.54, 1.807) is 7.11 Å². The van der Waals surface area contributed by atoms with Gasteiger partial charge in [-0.25, -0.2) is 13.6 Å².